The first-order valence-corrected chi connectivity index (χ1v) is 8.21. The quantitative estimate of drug-likeness (QED) is 0.635. The highest BCUT2D eigenvalue weighted by Crippen LogP contribution is 2.10. The maximum Gasteiger partial charge on any atom is 0.191 e. The Morgan fingerprint density at radius 2 is 2.05 bits per heavy atom. The normalized spacial score (nSPS) is 11.5. The monoisotopic (exact) mass is 320 g/mol. The van der Waals surface area contributed by atoms with E-state index in [1.807, 2.05) is 0 Å². The van der Waals surface area contributed by atoms with Crippen molar-refractivity contribution in [3.63, 3.8) is 0 Å². The Morgan fingerprint density at radius 1 is 1.27 bits per heavy atom. The van der Waals surface area contributed by atoms with Crippen LogP contribution in [0.3, 0.4) is 0 Å². The molecule has 2 rings (SSSR count). The number of aliphatic imine (C=N–C) groups is 1. The zero-order chi connectivity index (χ0) is 15.8. The second kappa shape index (κ2) is 8.48. The van der Waals surface area contributed by atoms with Crippen molar-refractivity contribution in [3.05, 3.63) is 51.7 Å². The lowest BCUT2D eigenvalue weighted by Crippen LogP contribution is -2.37. The number of aromatic nitrogens is 1. The van der Waals surface area contributed by atoms with Gasteiger partial charge in [-0.3, -0.25) is 4.99 Å². The molecular formula is C16H21FN4S. The maximum absolute atomic E-state index is 12.8. The number of nitrogens with zero attached hydrogens (tertiary/aromatic N) is 2. The maximum atomic E-state index is 12.8. The van der Waals surface area contributed by atoms with E-state index in [0.717, 1.165) is 36.6 Å². The van der Waals surface area contributed by atoms with Crippen LogP contribution >= 0.6 is 11.3 Å². The minimum absolute atomic E-state index is 0.221. The van der Waals surface area contributed by atoms with E-state index in [-0.39, 0.29) is 5.82 Å². The van der Waals surface area contributed by atoms with Gasteiger partial charge >= 0.3 is 0 Å². The van der Waals surface area contributed by atoms with Gasteiger partial charge in [0.05, 0.1) is 10.7 Å². The van der Waals surface area contributed by atoms with Crippen LogP contribution in [0.15, 0.2) is 34.6 Å². The number of benzene rings is 1. The molecule has 1 aromatic heterocycles. The fraction of sp³-hybridized carbons (Fsp3) is 0.375. The van der Waals surface area contributed by atoms with Crippen molar-refractivity contribution < 1.29 is 4.39 Å². The van der Waals surface area contributed by atoms with Crippen LogP contribution in [0.5, 0.6) is 0 Å². The van der Waals surface area contributed by atoms with E-state index in [9.17, 15) is 4.39 Å². The fourth-order valence-corrected chi connectivity index (χ4v) is 2.72. The predicted octanol–water partition coefficient (Wildman–Crippen LogP) is 2.75. The van der Waals surface area contributed by atoms with Crippen molar-refractivity contribution in [1.29, 1.82) is 0 Å². The Kier molecular flexibility index (Phi) is 6.33. The summed E-state index contributed by atoms with van der Waals surface area (Å²) in [5.74, 6) is 0.510. The number of halogens is 1. The van der Waals surface area contributed by atoms with Gasteiger partial charge in [-0.2, -0.15) is 0 Å². The van der Waals surface area contributed by atoms with Crippen LogP contribution in [0.1, 0.15) is 23.2 Å². The van der Waals surface area contributed by atoms with Crippen LogP contribution in [-0.2, 0) is 19.4 Å². The summed E-state index contributed by atoms with van der Waals surface area (Å²) in [7, 11) is 1.73. The average Bonchev–Trinajstić information content (AvgIpc) is 3.00. The Balaban J connectivity index is 1.74. The van der Waals surface area contributed by atoms with Gasteiger partial charge in [0, 0.05) is 31.9 Å². The second-order valence-electron chi connectivity index (χ2n) is 4.82. The SMILES string of the molecule is CCc1nc(CCNC(=NC)NCc2ccc(F)cc2)cs1. The molecule has 0 aliphatic heterocycles. The van der Waals surface area contributed by atoms with E-state index >= 15 is 0 Å². The Labute approximate surface area is 134 Å². The van der Waals surface area contributed by atoms with Gasteiger partial charge in [0.15, 0.2) is 5.96 Å². The lowest BCUT2D eigenvalue weighted by molar-refractivity contribution is 0.626. The van der Waals surface area contributed by atoms with Crippen LogP contribution in [-0.4, -0.2) is 24.5 Å². The highest BCUT2D eigenvalue weighted by atomic mass is 32.1. The van der Waals surface area contributed by atoms with E-state index in [4.69, 9.17) is 0 Å². The lowest BCUT2D eigenvalue weighted by Gasteiger charge is -2.11. The molecular weight excluding hydrogens is 299 g/mol. The molecule has 4 nitrogen and oxygen atoms in total. The average molecular weight is 320 g/mol. The summed E-state index contributed by atoms with van der Waals surface area (Å²) in [6, 6.07) is 6.44. The Morgan fingerprint density at radius 3 is 2.68 bits per heavy atom. The summed E-state index contributed by atoms with van der Waals surface area (Å²) in [6.07, 6.45) is 1.85. The molecule has 0 saturated carbocycles. The van der Waals surface area contributed by atoms with Gasteiger partial charge in [-0.1, -0.05) is 19.1 Å². The van der Waals surface area contributed by atoms with Gasteiger partial charge in [-0.25, -0.2) is 9.37 Å². The molecule has 0 saturated heterocycles. The van der Waals surface area contributed by atoms with Gasteiger partial charge in [0.1, 0.15) is 5.82 Å². The molecule has 0 atom stereocenters. The molecule has 22 heavy (non-hydrogen) atoms. The summed E-state index contributed by atoms with van der Waals surface area (Å²) >= 11 is 1.71. The molecule has 2 aromatic rings. The van der Waals surface area contributed by atoms with Crippen molar-refractivity contribution >= 4 is 17.3 Å². The van der Waals surface area contributed by atoms with Crippen molar-refractivity contribution in [1.82, 2.24) is 15.6 Å². The van der Waals surface area contributed by atoms with Crippen LogP contribution in [0, 0.1) is 5.82 Å². The summed E-state index contributed by atoms with van der Waals surface area (Å²) < 4.78 is 12.8. The van der Waals surface area contributed by atoms with Crippen molar-refractivity contribution in [2.75, 3.05) is 13.6 Å². The number of hydrogen-bond donors (Lipinski definition) is 2. The topological polar surface area (TPSA) is 49.3 Å². The summed E-state index contributed by atoms with van der Waals surface area (Å²) in [4.78, 5) is 8.71. The largest absolute Gasteiger partial charge is 0.356 e. The van der Waals surface area contributed by atoms with Crippen molar-refractivity contribution in [3.8, 4) is 0 Å². The van der Waals surface area contributed by atoms with Crippen LogP contribution in [0.2, 0.25) is 0 Å². The van der Waals surface area contributed by atoms with Gasteiger partial charge in [0.2, 0.25) is 0 Å². The molecule has 0 aliphatic carbocycles. The van der Waals surface area contributed by atoms with Crippen LogP contribution in [0.4, 0.5) is 4.39 Å². The molecule has 0 unspecified atom stereocenters. The highest BCUT2D eigenvalue weighted by molar-refractivity contribution is 7.09. The van der Waals surface area contributed by atoms with Gasteiger partial charge < -0.3 is 10.6 Å². The summed E-state index contributed by atoms with van der Waals surface area (Å²) in [6.45, 7) is 3.49. The predicted molar refractivity (Wildman–Crippen MR) is 89.8 cm³/mol. The van der Waals surface area contributed by atoms with Gasteiger partial charge in [-0.15, -0.1) is 11.3 Å². The van der Waals surface area contributed by atoms with E-state index < -0.39 is 0 Å². The summed E-state index contributed by atoms with van der Waals surface area (Å²) in [5.41, 5.74) is 2.12. The van der Waals surface area contributed by atoms with E-state index in [2.05, 4.69) is 32.9 Å². The first kappa shape index (κ1) is 16.4. The molecule has 0 aliphatic rings. The minimum atomic E-state index is -0.221. The fourth-order valence-electron chi connectivity index (χ4n) is 1.94. The Bertz CT molecular complexity index is 607. The third-order valence-corrected chi connectivity index (χ3v) is 4.21. The number of nitrogens with one attached hydrogen (secondary N) is 2. The third-order valence-electron chi connectivity index (χ3n) is 3.17. The Hall–Kier alpha value is -1.95. The third kappa shape index (κ3) is 5.11. The minimum Gasteiger partial charge on any atom is -0.356 e. The zero-order valence-corrected chi connectivity index (χ0v) is 13.7. The zero-order valence-electron chi connectivity index (χ0n) is 12.9. The molecule has 0 radical (unpaired) electrons. The van der Waals surface area contributed by atoms with Crippen molar-refractivity contribution in [2.24, 2.45) is 4.99 Å². The number of rotatable bonds is 6. The van der Waals surface area contributed by atoms with E-state index in [1.165, 1.54) is 17.1 Å². The standard InChI is InChI=1S/C16H21FN4S/c1-3-15-21-14(11-22-15)8-9-19-16(18-2)20-10-12-4-6-13(17)7-5-12/h4-7,11H,3,8-10H2,1-2H3,(H2,18,19,20). The second-order valence-corrected chi connectivity index (χ2v) is 5.76. The number of guanidine groups is 1. The molecule has 0 fully saturated rings. The van der Waals surface area contributed by atoms with Crippen LogP contribution < -0.4 is 10.6 Å². The molecule has 1 aromatic carbocycles. The smallest absolute Gasteiger partial charge is 0.191 e. The number of aryl methyl sites for hydroxylation is 1. The van der Waals surface area contributed by atoms with Gasteiger partial charge in [-0.05, 0) is 24.1 Å². The molecule has 118 valence electrons. The van der Waals surface area contributed by atoms with Gasteiger partial charge in [0.25, 0.3) is 0 Å². The highest BCUT2D eigenvalue weighted by Gasteiger charge is 2.02. The number of thiazole rings is 1. The van der Waals surface area contributed by atoms with Crippen molar-refractivity contribution in [2.45, 2.75) is 26.3 Å². The van der Waals surface area contributed by atoms with E-state index in [0.29, 0.717) is 6.54 Å². The number of hydrogen-bond acceptors (Lipinski definition) is 3. The summed E-state index contributed by atoms with van der Waals surface area (Å²) in [5, 5.41) is 9.74. The van der Waals surface area contributed by atoms with Crippen LogP contribution in [0.25, 0.3) is 0 Å². The molecule has 2 N–H and O–H groups in total. The first-order chi connectivity index (χ1) is 10.7. The lowest BCUT2D eigenvalue weighted by atomic mass is 10.2. The molecule has 0 spiro atoms. The van der Waals surface area contributed by atoms with E-state index in [1.54, 1.807) is 30.5 Å². The molecule has 0 amide bonds. The molecule has 1 heterocycles. The first-order valence-electron chi connectivity index (χ1n) is 7.33. The molecule has 6 heteroatoms. The molecule has 0 bridgehead atoms.